The molecule has 4 rings (SSSR count). The van der Waals surface area contributed by atoms with Crippen LogP contribution < -0.4 is 0 Å². The Morgan fingerprint density at radius 3 is 2.50 bits per heavy atom. The Balaban J connectivity index is 1.54. The number of para-hydroxylation sites is 2. The fourth-order valence-corrected chi connectivity index (χ4v) is 3.50. The molecule has 0 spiro atoms. The quantitative estimate of drug-likeness (QED) is 0.512. The molecule has 1 aromatic heterocycles. The van der Waals surface area contributed by atoms with Gasteiger partial charge in [-0.1, -0.05) is 35.9 Å². The maximum atomic E-state index is 12.8. The molecule has 28 heavy (non-hydrogen) atoms. The van der Waals surface area contributed by atoms with Crippen LogP contribution in [-0.2, 0) is 6.54 Å². The summed E-state index contributed by atoms with van der Waals surface area (Å²) >= 11 is 0. The van der Waals surface area contributed by atoms with E-state index in [0.29, 0.717) is 12.1 Å². The minimum Gasteiger partial charge on any atom is -0.337 e. The number of hydrogen-bond donors (Lipinski definition) is 0. The van der Waals surface area contributed by atoms with Gasteiger partial charge in [-0.15, -0.1) is 0 Å². The summed E-state index contributed by atoms with van der Waals surface area (Å²) in [6.45, 7) is 4.76. The summed E-state index contributed by atoms with van der Waals surface area (Å²) in [7, 11) is 1.85. The van der Waals surface area contributed by atoms with Gasteiger partial charge in [-0.05, 0) is 61.4 Å². The molecule has 0 fully saturated rings. The first-order valence-corrected chi connectivity index (χ1v) is 9.37. The van der Waals surface area contributed by atoms with Crippen LogP contribution in [0.3, 0.4) is 0 Å². The standard InChI is InChI=1S/C24H23N3O/c1-17-8-9-20(18(2)14-17)15-26(3)24(28)19-10-12-21(13-11-19)27-16-25-22-6-4-5-7-23(22)27/h4-14,16H,15H2,1-3H3. The van der Waals surface area contributed by atoms with E-state index in [1.54, 1.807) is 4.90 Å². The molecule has 0 saturated carbocycles. The fourth-order valence-electron chi connectivity index (χ4n) is 3.50. The van der Waals surface area contributed by atoms with Crippen molar-refractivity contribution in [3.8, 4) is 5.69 Å². The lowest BCUT2D eigenvalue weighted by atomic mass is 10.1. The monoisotopic (exact) mass is 369 g/mol. The summed E-state index contributed by atoms with van der Waals surface area (Å²) < 4.78 is 2.03. The van der Waals surface area contributed by atoms with E-state index in [9.17, 15) is 4.79 Å². The maximum Gasteiger partial charge on any atom is 0.253 e. The van der Waals surface area contributed by atoms with Crippen LogP contribution in [0.4, 0.5) is 0 Å². The second-order valence-electron chi connectivity index (χ2n) is 7.24. The van der Waals surface area contributed by atoms with E-state index in [4.69, 9.17) is 0 Å². The van der Waals surface area contributed by atoms with E-state index in [-0.39, 0.29) is 5.91 Å². The third kappa shape index (κ3) is 3.41. The van der Waals surface area contributed by atoms with Gasteiger partial charge in [-0.25, -0.2) is 4.98 Å². The number of nitrogens with zero attached hydrogens (tertiary/aromatic N) is 3. The van der Waals surface area contributed by atoms with Gasteiger partial charge in [0.2, 0.25) is 0 Å². The first-order valence-electron chi connectivity index (χ1n) is 9.37. The SMILES string of the molecule is Cc1ccc(CN(C)C(=O)c2ccc(-n3cnc4ccccc43)cc2)c(C)c1. The number of amides is 1. The van der Waals surface area contributed by atoms with E-state index in [1.165, 1.54) is 16.7 Å². The molecule has 0 radical (unpaired) electrons. The van der Waals surface area contributed by atoms with Crippen LogP contribution in [0.2, 0.25) is 0 Å². The first-order chi connectivity index (χ1) is 13.5. The smallest absolute Gasteiger partial charge is 0.253 e. The number of benzene rings is 3. The molecule has 0 saturated heterocycles. The lowest BCUT2D eigenvalue weighted by molar-refractivity contribution is 0.0785. The van der Waals surface area contributed by atoms with Gasteiger partial charge in [0.1, 0.15) is 6.33 Å². The number of hydrogen-bond acceptors (Lipinski definition) is 2. The van der Waals surface area contributed by atoms with Gasteiger partial charge in [-0.3, -0.25) is 9.36 Å². The van der Waals surface area contributed by atoms with Crippen molar-refractivity contribution in [1.82, 2.24) is 14.5 Å². The zero-order valence-corrected chi connectivity index (χ0v) is 16.4. The van der Waals surface area contributed by atoms with Gasteiger partial charge in [0, 0.05) is 24.8 Å². The van der Waals surface area contributed by atoms with Crippen molar-refractivity contribution in [1.29, 1.82) is 0 Å². The zero-order chi connectivity index (χ0) is 19.7. The van der Waals surface area contributed by atoms with Crippen molar-refractivity contribution >= 4 is 16.9 Å². The van der Waals surface area contributed by atoms with E-state index < -0.39 is 0 Å². The van der Waals surface area contributed by atoms with Crippen LogP contribution in [0, 0.1) is 13.8 Å². The lowest BCUT2D eigenvalue weighted by Crippen LogP contribution is -2.26. The highest BCUT2D eigenvalue weighted by molar-refractivity contribution is 5.94. The second kappa shape index (κ2) is 7.31. The summed E-state index contributed by atoms with van der Waals surface area (Å²) in [5, 5.41) is 0. The summed E-state index contributed by atoms with van der Waals surface area (Å²) in [4.78, 5) is 19.0. The molecule has 4 heteroatoms. The van der Waals surface area contributed by atoms with Crippen molar-refractivity contribution < 1.29 is 4.79 Å². The van der Waals surface area contributed by atoms with Crippen molar-refractivity contribution in [3.63, 3.8) is 0 Å². The molecule has 1 heterocycles. The fraction of sp³-hybridized carbons (Fsp3) is 0.167. The topological polar surface area (TPSA) is 38.1 Å². The molecule has 0 bridgehead atoms. The second-order valence-corrected chi connectivity index (χ2v) is 7.24. The molecule has 140 valence electrons. The largest absolute Gasteiger partial charge is 0.337 e. The Kier molecular flexibility index (Phi) is 4.70. The molecule has 0 aliphatic carbocycles. The third-order valence-corrected chi connectivity index (χ3v) is 5.10. The average Bonchev–Trinajstić information content (AvgIpc) is 3.14. The van der Waals surface area contributed by atoms with Gasteiger partial charge < -0.3 is 4.90 Å². The number of imidazole rings is 1. The van der Waals surface area contributed by atoms with Crippen LogP contribution in [0.15, 0.2) is 73.1 Å². The van der Waals surface area contributed by atoms with E-state index in [2.05, 4.69) is 37.0 Å². The highest BCUT2D eigenvalue weighted by Gasteiger charge is 2.13. The average molecular weight is 369 g/mol. The Morgan fingerprint density at radius 1 is 1.00 bits per heavy atom. The van der Waals surface area contributed by atoms with Gasteiger partial charge in [-0.2, -0.15) is 0 Å². The molecule has 0 N–H and O–H groups in total. The molecule has 0 atom stereocenters. The Hall–Kier alpha value is -3.40. The van der Waals surface area contributed by atoms with Gasteiger partial charge in [0.05, 0.1) is 11.0 Å². The van der Waals surface area contributed by atoms with E-state index >= 15 is 0 Å². The summed E-state index contributed by atoms with van der Waals surface area (Å²) in [6.07, 6.45) is 1.81. The van der Waals surface area contributed by atoms with Crippen molar-refractivity contribution in [2.75, 3.05) is 7.05 Å². The van der Waals surface area contributed by atoms with Crippen molar-refractivity contribution in [2.45, 2.75) is 20.4 Å². The molecule has 4 aromatic rings. The van der Waals surface area contributed by atoms with Crippen LogP contribution in [0.5, 0.6) is 0 Å². The molecule has 1 amide bonds. The van der Waals surface area contributed by atoms with Gasteiger partial charge in [0.25, 0.3) is 5.91 Å². The number of aromatic nitrogens is 2. The summed E-state index contributed by atoms with van der Waals surface area (Å²) in [5.74, 6) is 0.0158. The van der Waals surface area contributed by atoms with Gasteiger partial charge in [0.15, 0.2) is 0 Å². The Morgan fingerprint density at radius 2 is 1.75 bits per heavy atom. The summed E-state index contributed by atoms with van der Waals surface area (Å²) in [6, 6.07) is 22.0. The predicted octanol–water partition coefficient (Wildman–Crippen LogP) is 4.91. The normalized spacial score (nSPS) is 11.0. The third-order valence-electron chi connectivity index (χ3n) is 5.10. The van der Waals surface area contributed by atoms with E-state index in [1.807, 2.05) is 66.5 Å². The number of rotatable bonds is 4. The summed E-state index contributed by atoms with van der Waals surface area (Å²) in [5.41, 5.74) is 7.29. The number of aryl methyl sites for hydroxylation is 2. The van der Waals surface area contributed by atoms with Crippen LogP contribution in [0.25, 0.3) is 16.7 Å². The molecule has 0 aliphatic heterocycles. The Bertz CT molecular complexity index is 1140. The molecular weight excluding hydrogens is 346 g/mol. The van der Waals surface area contributed by atoms with Crippen molar-refractivity contribution in [2.24, 2.45) is 0 Å². The first kappa shape index (κ1) is 18.0. The molecule has 0 aliphatic rings. The van der Waals surface area contributed by atoms with Crippen LogP contribution >= 0.6 is 0 Å². The van der Waals surface area contributed by atoms with Crippen molar-refractivity contribution in [3.05, 3.63) is 95.3 Å². The maximum absolute atomic E-state index is 12.8. The highest BCUT2D eigenvalue weighted by atomic mass is 16.2. The van der Waals surface area contributed by atoms with Crippen LogP contribution in [0.1, 0.15) is 27.0 Å². The highest BCUT2D eigenvalue weighted by Crippen LogP contribution is 2.19. The van der Waals surface area contributed by atoms with Crippen LogP contribution in [-0.4, -0.2) is 27.4 Å². The minimum atomic E-state index is 0.0158. The zero-order valence-electron chi connectivity index (χ0n) is 16.4. The molecule has 4 nitrogen and oxygen atoms in total. The number of fused-ring (bicyclic) bond motifs is 1. The molecule has 0 unspecified atom stereocenters. The Labute approximate surface area is 165 Å². The molecule has 3 aromatic carbocycles. The number of carbonyl (C=O) groups excluding carboxylic acids is 1. The lowest BCUT2D eigenvalue weighted by Gasteiger charge is -2.19. The predicted molar refractivity (Wildman–Crippen MR) is 113 cm³/mol. The molecular formula is C24H23N3O. The number of carbonyl (C=O) groups is 1. The van der Waals surface area contributed by atoms with E-state index in [0.717, 1.165) is 16.7 Å². The minimum absolute atomic E-state index is 0.0158. The van der Waals surface area contributed by atoms with Gasteiger partial charge >= 0.3 is 0 Å².